The highest BCUT2D eigenvalue weighted by molar-refractivity contribution is 5.91. The highest BCUT2D eigenvalue weighted by Crippen LogP contribution is 2.49. The maximum Gasteiger partial charge on any atom is 0.416 e. The van der Waals surface area contributed by atoms with Gasteiger partial charge < -0.3 is 11.1 Å². The first kappa shape index (κ1) is 14.8. The molecule has 1 aliphatic carbocycles. The number of nitrogens with one attached hydrogen (secondary N) is 1. The Kier molecular flexibility index (Phi) is 4.04. The average molecular weight is 286 g/mol. The van der Waals surface area contributed by atoms with Crippen molar-refractivity contribution in [3.8, 4) is 0 Å². The molecule has 0 bridgehead atoms. The summed E-state index contributed by atoms with van der Waals surface area (Å²) in [7, 11) is 0. The van der Waals surface area contributed by atoms with E-state index < -0.39 is 17.2 Å². The van der Waals surface area contributed by atoms with Crippen molar-refractivity contribution in [2.45, 2.75) is 30.9 Å². The quantitative estimate of drug-likeness (QED) is 0.815. The monoisotopic (exact) mass is 286 g/mol. The Balaban J connectivity index is 2.16. The van der Waals surface area contributed by atoms with Crippen LogP contribution in [0.25, 0.3) is 0 Å². The number of carbonyl (C=O) groups is 1. The number of alkyl halides is 3. The molecule has 1 aliphatic rings. The van der Waals surface area contributed by atoms with Gasteiger partial charge in [0.05, 0.1) is 11.0 Å². The van der Waals surface area contributed by atoms with Gasteiger partial charge in [0.2, 0.25) is 5.91 Å². The first-order valence-electron chi connectivity index (χ1n) is 6.56. The molecule has 0 aromatic heterocycles. The Bertz CT molecular complexity index is 495. The third-order valence-corrected chi connectivity index (χ3v) is 3.59. The Hall–Kier alpha value is -1.56. The molecule has 0 radical (unpaired) electrons. The third kappa shape index (κ3) is 2.95. The molecule has 0 heterocycles. The molecule has 1 aromatic carbocycles. The van der Waals surface area contributed by atoms with Crippen LogP contribution in [0.3, 0.4) is 0 Å². The highest BCUT2D eigenvalue weighted by atomic mass is 19.4. The molecule has 0 aliphatic heterocycles. The molecular formula is C14H17F3N2O. The van der Waals surface area contributed by atoms with E-state index in [1.807, 2.05) is 0 Å². The molecule has 0 spiro atoms. The zero-order chi connectivity index (χ0) is 14.8. The Labute approximate surface area is 115 Å². The SMILES string of the molecule is NCCCNC(=O)C1(c2cccc(C(F)(F)F)c2)CC1. The van der Waals surface area contributed by atoms with Crippen molar-refractivity contribution in [3.63, 3.8) is 0 Å². The fourth-order valence-electron chi connectivity index (χ4n) is 2.24. The molecule has 0 unspecified atom stereocenters. The molecule has 1 fully saturated rings. The molecule has 3 nitrogen and oxygen atoms in total. The standard InChI is InChI=1S/C14H17F3N2O/c15-14(16,17)11-4-1-3-10(9-11)13(5-6-13)12(20)19-8-2-7-18/h1,3-4,9H,2,5-8,18H2,(H,19,20). The van der Waals surface area contributed by atoms with Crippen molar-refractivity contribution in [1.29, 1.82) is 0 Å². The summed E-state index contributed by atoms with van der Waals surface area (Å²) in [6.07, 6.45) is -2.56. The molecule has 6 heteroatoms. The van der Waals surface area contributed by atoms with E-state index in [2.05, 4.69) is 5.32 Å². The van der Waals surface area contributed by atoms with Gasteiger partial charge in [-0.25, -0.2) is 0 Å². The zero-order valence-electron chi connectivity index (χ0n) is 11.0. The summed E-state index contributed by atoms with van der Waals surface area (Å²) in [4.78, 5) is 12.1. The predicted molar refractivity (Wildman–Crippen MR) is 69.0 cm³/mol. The van der Waals surface area contributed by atoms with Gasteiger partial charge in [-0.1, -0.05) is 18.2 Å². The van der Waals surface area contributed by atoms with E-state index in [0.29, 0.717) is 37.9 Å². The number of hydrogen-bond donors (Lipinski definition) is 2. The first-order valence-corrected chi connectivity index (χ1v) is 6.56. The summed E-state index contributed by atoms with van der Waals surface area (Å²) in [6.45, 7) is 0.923. The van der Waals surface area contributed by atoms with E-state index >= 15 is 0 Å². The second kappa shape index (κ2) is 5.44. The van der Waals surface area contributed by atoms with Crippen LogP contribution in [0.5, 0.6) is 0 Å². The number of amides is 1. The number of hydrogen-bond acceptors (Lipinski definition) is 2. The van der Waals surface area contributed by atoms with Crippen LogP contribution in [0.1, 0.15) is 30.4 Å². The van der Waals surface area contributed by atoms with Crippen LogP contribution in [-0.4, -0.2) is 19.0 Å². The van der Waals surface area contributed by atoms with Crippen molar-refractivity contribution in [2.24, 2.45) is 5.73 Å². The lowest BCUT2D eigenvalue weighted by Gasteiger charge is -2.17. The molecule has 20 heavy (non-hydrogen) atoms. The average Bonchev–Trinajstić information content (AvgIpc) is 3.19. The molecule has 1 aromatic rings. The van der Waals surface area contributed by atoms with E-state index in [1.54, 1.807) is 6.07 Å². The van der Waals surface area contributed by atoms with E-state index in [1.165, 1.54) is 6.07 Å². The van der Waals surface area contributed by atoms with Crippen molar-refractivity contribution < 1.29 is 18.0 Å². The molecule has 0 atom stereocenters. The van der Waals surface area contributed by atoms with Gasteiger partial charge in [-0.05, 0) is 37.4 Å². The highest BCUT2D eigenvalue weighted by Gasteiger charge is 2.51. The van der Waals surface area contributed by atoms with Crippen molar-refractivity contribution >= 4 is 5.91 Å². The van der Waals surface area contributed by atoms with Crippen LogP contribution in [0.2, 0.25) is 0 Å². The van der Waals surface area contributed by atoms with Gasteiger partial charge in [-0.15, -0.1) is 0 Å². The maximum absolute atomic E-state index is 12.7. The Morgan fingerprint density at radius 3 is 2.60 bits per heavy atom. The normalized spacial score (nSPS) is 16.8. The van der Waals surface area contributed by atoms with Crippen molar-refractivity contribution in [2.75, 3.05) is 13.1 Å². The van der Waals surface area contributed by atoms with Crippen LogP contribution >= 0.6 is 0 Å². The molecule has 3 N–H and O–H groups in total. The molecule has 1 amide bonds. The minimum absolute atomic E-state index is 0.203. The number of rotatable bonds is 5. The van der Waals surface area contributed by atoms with Gasteiger partial charge in [0.25, 0.3) is 0 Å². The van der Waals surface area contributed by atoms with Gasteiger partial charge in [-0.2, -0.15) is 13.2 Å². The largest absolute Gasteiger partial charge is 0.416 e. The van der Waals surface area contributed by atoms with E-state index in [4.69, 9.17) is 5.73 Å². The Morgan fingerprint density at radius 1 is 1.35 bits per heavy atom. The predicted octanol–water partition coefficient (Wildman–Crippen LogP) is 2.20. The zero-order valence-corrected chi connectivity index (χ0v) is 11.0. The fraction of sp³-hybridized carbons (Fsp3) is 0.500. The van der Waals surface area contributed by atoms with Crippen LogP contribution in [0.15, 0.2) is 24.3 Å². The smallest absolute Gasteiger partial charge is 0.355 e. The minimum atomic E-state index is -4.39. The first-order chi connectivity index (χ1) is 9.40. The number of halogens is 3. The van der Waals surface area contributed by atoms with Crippen molar-refractivity contribution in [1.82, 2.24) is 5.32 Å². The second-order valence-electron chi connectivity index (χ2n) is 5.06. The van der Waals surface area contributed by atoms with E-state index in [9.17, 15) is 18.0 Å². The maximum atomic E-state index is 12.7. The second-order valence-corrected chi connectivity index (χ2v) is 5.06. The number of benzene rings is 1. The van der Waals surface area contributed by atoms with E-state index in [0.717, 1.165) is 12.1 Å². The van der Waals surface area contributed by atoms with Gasteiger partial charge >= 0.3 is 6.18 Å². The van der Waals surface area contributed by atoms with Crippen molar-refractivity contribution in [3.05, 3.63) is 35.4 Å². The summed E-state index contributed by atoms with van der Waals surface area (Å²) in [5, 5.41) is 2.74. The lowest BCUT2D eigenvalue weighted by atomic mass is 9.93. The van der Waals surface area contributed by atoms with Gasteiger partial charge in [0.1, 0.15) is 0 Å². The van der Waals surface area contributed by atoms with Gasteiger partial charge in [0.15, 0.2) is 0 Å². The molecule has 0 saturated heterocycles. The van der Waals surface area contributed by atoms with Gasteiger partial charge in [-0.3, -0.25) is 4.79 Å². The number of nitrogens with two attached hydrogens (primary N) is 1. The topological polar surface area (TPSA) is 55.1 Å². The third-order valence-electron chi connectivity index (χ3n) is 3.59. The summed E-state index contributed by atoms with van der Waals surface area (Å²) >= 11 is 0. The lowest BCUT2D eigenvalue weighted by molar-refractivity contribution is -0.137. The summed E-state index contributed by atoms with van der Waals surface area (Å²) < 4.78 is 38.1. The van der Waals surface area contributed by atoms with Crippen LogP contribution in [0.4, 0.5) is 13.2 Å². The summed E-state index contributed by atoms with van der Waals surface area (Å²) in [5.74, 6) is -0.203. The van der Waals surface area contributed by atoms with Gasteiger partial charge in [0, 0.05) is 6.54 Å². The minimum Gasteiger partial charge on any atom is -0.355 e. The van der Waals surface area contributed by atoms with Crippen LogP contribution in [0, 0.1) is 0 Å². The lowest BCUT2D eigenvalue weighted by Crippen LogP contribution is -2.36. The number of carbonyl (C=O) groups excluding carboxylic acids is 1. The summed E-state index contributed by atoms with van der Waals surface area (Å²) in [6, 6.07) is 5.04. The molecular weight excluding hydrogens is 269 g/mol. The van der Waals surface area contributed by atoms with E-state index in [-0.39, 0.29) is 5.91 Å². The molecule has 1 saturated carbocycles. The fourth-order valence-corrected chi connectivity index (χ4v) is 2.24. The summed E-state index contributed by atoms with van der Waals surface area (Å²) in [5.41, 5.74) is 4.29. The molecule has 2 rings (SSSR count). The van der Waals surface area contributed by atoms with Crippen LogP contribution < -0.4 is 11.1 Å². The molecule has 110 valence electrons. The Morgan fingerprint density at radius 2 is 2.05 bits per heavy atom. The van der Waals surface area contributed by atoms with Crippen LogP contribution in [-0.2, 0) is 16.4 Å².